The summed E-state index contributed by atoms with van der Waals surface area (Å²) in [6, 6.07) is 18.9. The molecule has 5 rings (SSSR count). The summed E-state index contributed by atoms with van der Waals surface area (Å²) in [5.41, 5.74) is 6.42. The molecule has 30 heavy (non-hydrogen) atoms. The van der Waals surface area contributed by atoms with Gasteiger partial charge >= 0.3 is 0 Å². The van der Waals surface area contributed by atoms with Crippen molar-refractivity contribution in [1.82, 2.24) is 19.9 Å². The monoisotopic (exact) mass is 399 g/mol. The van der Waals surface area contributed by atoms with Crippen molar-refractivity contribution in [2.75, 3.05) is 18.0 Å². The van der Waals surface area contributed by atoms with Crippen LogP contribution in [-0.2, 0) is 6.54 Å². The molecule has 1 saturated heterocycles. The predicted molar refractivity (Wildman–Crippen MR) is 117 cm³/mol. The summed E-state index contributed by atoms with van der Waals surface area (Å²) in [7, 11) is 0. The molecule has 6 heteroatoms. The van der Waals surface area contributed by atoms with Crippen molar-refractivity contribution in [2.24, 2.45) is 0 Å². The Bertz CT molecular complexity index is 1140. The summed E-state index contributed by atoms with van der Waals surface area (Å²) in [6.45, 7) is 7.12. The van der Waals surface area contributed by atoms with Crippen molar-refractivity contribution in [1.29, 1.82) is 0 Å². The second-order valence-corrected chi connectivity index (χ2v) is 7.98. The molecule has 0 N–H and O–H groups in total. The molecule has 0 unspecified atom stereocenters. The van der Waals surface area contributed by atoms with Crippen LogP contribution in [0.3, 0.4) is 0 Å². The Morgan fingerprint density at radius 1 is 0.933 bits per heavy atom. The van der Waals surface area contributed by atoms with Crippen LogP contribution < -0.4 is 4.90 Å². The minimum Gasteiger partial charge on any atom is -0.372 e. The van der Waals surface area contributed by atoms with Gasteiger partial charge in [-0.25, -0.2) is 0 Å². The number of aryl methyl sites for hydroxylation is 2. The average Bonchev–Trinajstić information content (AvgIpc) is 3.51. The van der Waals surface area contributed by atoms with Crippen LogP contribution in [0.4, 0.5) is 5.69 Å². The first-order valence-electron chi connectivity index (χ1n) is 10.5. The Morgan fingerprint density at radius 3 is 2.40 bits per heavy atom. The first-order chi connectivity index (χ1) is 14.7. The fourth-order valence-corrected chi connectivity index (χ4v) is 3.88. The molecule has 1 fully saturated rings. The number of rotatable bonds is 5. The molecule has 2 aromatic carbocycles. The molecule has 6 nitrogen and oxygen atoms in total. The lowest BCUT2D eigenvalue weighted by molar-refractivity contribution is 0.430. The fraction of sp³-hybridized carbons (Fsp3) is 0.292. The smallest absolute Gasteiger partial charge is 0.278 e. The van der Waals surface area contributed by atoms with Crippen LogP contribution in [0.15, 0.2) is 59.1 Å². The number of anilines is 1. The lowest BCUT2D eigenvalue weighted by atomic mass is 10.1. The summed E-state index contributed by atoms with van der Waals surface area (Å²) in [5, 5.41) is 8.86. The average molecular weight is 399 g/mol. The maximum Gasteiger partial charge on any atom is 0.278 e. The van der Waals surface area contributed by atoms with Gasteiger partial charge in [0.1, 0.15) is 0 Å². The number of hydrogen-bond acceptors (Lipinski definition) is 5. The van der Waals surface area contributed by atoms with Gasteiger partial charge in [0.05, 0.1) is 6.54 Å². The summed E-state index contributed by atoms with van der Waals surface area (Å²) >= 11 is 0. The highest BCUT2D eigenvalue weighted by atomic mass is 16.5. The van der Waals surface area contributed by atoms with E-state index in [9.17, 15) is 0 Å². The molecule has 0 radical (unpaired) electrons. The Morgan fingerprint density at radius 2 is 1.67 bits per heavy atom. The molecule has 152 valence electrons. The summed E-state index contributed by atoms with van der Waals surface area (Å²) in [4.78, 5) is 7.00. The van der Waals surface area contributed by atoms with E-state index in [4.69, 9.17) is 4.52 Å². The second kappa shape index (κ2) is 7.78. The van der Waals surface area contributed by atoms with E-state index in [1.807, 2.05) is 17.7 Å². The van der Waals surface area contributed by atoms with Gasteiger partial charge in [-0.3, -0.25) is 4.68 Å². The first kappa shape index (κ1) is 18.6. The van der Waals surface area contributed by atoms with Crippen molar-refractivity contribution in [3.63, 3.8) is 0 Å². The van der Waals surface area contributed by atoms with Gasteiger partial charge in [0.2, 0.25) is 5.82 Å². The van der Waals surface area contributed by atoms with Crippen LogP contribution in [0.1, 0.15) is 29.7 Å². The normalized spacial score (nSPS) is 13.9. The van der Waals surface area contributed by atoms with Gasteiger partial charge in [-0.2, -0.15) is 10.1 Å². The van der Waals surface area contributed by atoms with Crippen molar-refractivity contribution in [3.05, 3.63) is 71.4 Å². The van der Waals surface area contributed by atoms with Gasteiger partial charge in [0.25, 0.3) is 5.89 Å². The third-order valence-corrected chi connectivity index (χ3v) is 5.68. The molecule has 0 atom stereocenters. The minimum absolute atomic E-state index is 0.444. The topological polar surface area (TPSA) is 60.0 Å². The zero-order chi connectivity index (χ0) is 20.5. The number of hydrogen-bond donors (Lipinski definition) is 0. The maximum absolute atomic E-state index is 5.52. The quantitative estimate of drug-likeness (QED) is 0.479. The van der Waals surface area contributed by atoms with E-state index in [0.29, 0.717) is 24.0 Å². The Balaban J connectivity index is 1.34. The standard InChI is InChI=1S/C24H25N5O/c1-17-5-7-19(8-6-17)16-29-18(2)15-22(26-29)24-25-23(27-30-24)20-9-11-21(12-10-20)28-13-3-4-14-28/h5-12,15H,3-4,13-14,16H2,1-2H3. The SMILES string of the molecule is Cc1ccc(Cn2nc(-c3nc(-c4ccc(N5CCCC5)cc4)no3)cc2C)cc1. The van der Waals surface area contributed by atoms with E-state index in [1.54, 1.807) is 0 Å². The molecule has 3 heterocycles. The Hall–Kier alpha value is -3.41. The molecule has 0 aliphatic carbocycles. The lowest BCUT2D eigenvalue weighted by Gasteiger charge is -2.17. The number of aromatic nitrogens is 4. The van der Waals surface area contributed by atoms with Crippen molar-refractivity contribution in [3.8, 4) is 23.0 Å². The summed E-state index contributed by atoms with van der Waals surface area (Å²) in [6.07, 6.45) is 2.54. The van der Waals surface area contributed by atoms with Gasteiger partial charge in [-0.15, -0.1) is 0 Å². The number of nitrogens with zero attached hydrogens (tertiary/aromatic N) is 5. The maximum atomic E-state index is 5.52. The molecule has 1 aliphatic rings. The van der Waals surface area contributed by atoms with Crippen molar-refractivity contribution in [2.45, 2.75) is 33.2 Å². The van der Waals surface area contributed by atoms with Gasteiger partial charge in [-0.1, -0.05) is 35.0 Å². The van der Waals surface area contributed by atoms with E-state index >= 15 is 0 Å². The zero-order valence-corrected chi connectivity index (χ0v) is 17.4. The lowest BCUT2D eigenvalue weighted by Crippen LogP contribution is -2.17. The fourth-order valence-electron chi connectivity index (χ4n) is 3.88. The molecular formula is C24H25N5O. The third-order valence-electron chi connectivity index (χ3n) is 5.68. The van der Waals surface area contributed by atoms with Crippen LogP contribution in [0.25, 0.3) is 23.0 Å². The van der Waals surface area contributed by atoms with Crippen LogP contribution in [-0.4, -0.2) is 33.0 Å². The van der Waals surface area contributed by atoms with Gasteiger partial charge in [-0.05, 0) is 62.6 Å². The van der Waals surface area contributed by atoms with Gasteiger partial charge in [0, 0.05) is 30.0 Å². The van der Waals surface area contributed by atoms with Crippen LogP contribution in [0, 0.1) is 13.8 Å². The van der Waals surface area contributed by atoms with Crippen LogP contribution >= 0.6 is 0 Å². The first-order valence-corrected chi connectivity index (χ1v) is 10.5. The van der Waals surface area contributed by atoms with Crippen LogP contribution in [0.2, 0.25) is 0 Å². The molecule has 0 saturated carbocycles. The minimum atomic E-state index is 0.444. The number of benzene rings is 2. The Kier molecular flexibility index (Phi) is 4.83. The predicted octanol–water partition coefficient (Wildman–Crippen LogP) is 4.87. The molecule has 2 aromatic heterocycles. The highest BCUT2D eigenvalue weighted by Gasteiger charge is 2.16. The van der Waals surface area contributed by atoms with E-state index in [1.165, 1.54) is 29.7 Å². The molecule has 0 amide bonds. The summed E-state index contributed by atoms with van der Waals surface area (Å²) in [5.74, 6) is 1.03. The zero-order valence-electron chi connectivity index (χ0n) is 17.4. The van der Waals surface area contributed by atoms with Gasteiger partial charge in [0.15, 0.2) is 5.69 Å². The largest absolute Gasteiger partial charge is 0.372 e. The third kappa shape index (κ3) is 3.73. The van der Waals surface area contributed by atoms with Gasteiger partial charge < -0.3 is 9.42 Å². The highest BCUT2D eigenvalue weighted by molar-refractivity contribution is 5.62. The molecule has 0 spiro atoms. The van der Waals surface area contributed by atoms with E-state index < -0.39 is 0 Å². The molecule has 4 aromatic rings. The van der Waals surface area contributed by atoms with E-state index in [0.717, 1.165) is 24.3 Å². The van der Waals surface area contributed by atoms with Crippen molar-refractivity contribution < 1.29 is 4.52 Å². The molecular weight excluding hydrogens is 374 g/mol. The van der Waals surface area contributed by atoms with E-state index in [2.05, 4.69) is 75.6 Å². The summed E-state index contributed by atoms with van der Waals surface area (Å²) < 4.78 is 7.49. The molecule has 1 aliphatic heterocycles. The second-order valence-electron chi connectivity index (χ2n) is 7.98. The highest BCUT2D eigenvalue weighted by Crippen LogP contribution is 2.26. The van der Waals surface area contributed by atoms with E-state index in [-0.39, 0.29) is 0 Å². The Labute approximate surface area is 176 Å². The van der Waals surface area contributed by atoms with Crippen molar-refractivity contribution >= 4 is 5.69 Å². The van der Waals surface area contributed by atoms with Crippen LogP contribution in [0.5, 0.6) is 0 Å². The molecule has 0 bridgehead atoms.